The van der Waals surface area contributed by atoms with Crippen LogP contribution in [-0.2, 0) is 22.4 Å². The Morgan fingerprint density at radius 1 is 1.21 bits per heavy atom. The first-order valence-electron chi connectivity index (χ1n) is 12.7. The molecule has 2 aromatic rings. The van der Waals surface area contributed by atoms with E-state index in [9.17, 15) is 9.90 Å². The molecule has 0 bridgehead atoms. The maximum atomic E-state index is 12.1. The monoisotopic (exact) mass is 483 g/mol. The number of carboxylic acids is 1. The highest BCUT2D eigenvalue weighted by molar-refractivity contribution is 6.31. The van der Waals surface area contributed by atoms with E-state index in [1.54, 1.807) is 0 Å². The number of likely N-dealkylation sites (tertiary alicyclic amines) is 1. The number of fused-ring (bicyclic) bond motifs is 1. The first kappa shape index (κ1) is 23.6. The second-order valence-electron chi connectivity index (χ2n) is 9.86. The number of hydrogen-bond donors (Lipinski definition) is 2. The lowest BCUT2D eigenvalue weighted by Crippen LogP contribution is -2.55. The third-order valence-corrected chi connectivity index (χ3v) is 7.55. The van der Waals surface area contributed by atoms with Crippen molar-refractivity contribution in [2.75, 3.05) is 31.6 Å². The quantitative estimate of drug-likeness (QED) is 0.427. The molecule has 2 N–H and O–H groups in total. The standard InChI is InChI=1S/C27H34ClN3O3/c28-23-9-4-8-22(24(23)18-10-11-18)25(27(32)33)31-16-21(17-31)34-15-3-1-2-7-20-13-12-19-6-5-14-29-26(19)30-20/h4,8-9,12-13,18,21,25H,1-3,5-7,10-11,14-17H2,(H,29,30)(H,32,33). The van der Waals surface area contributed by atoms with Crippen LogP contribution in [0.15, 0.2) is 30.3 Å². The number of anilines is 1. The molecule has 1 aliphatic carbocycles. The molecular formula is C27H34ClN3O3. The smallest absolute Gasteiger partial charge is 0.325 e. The van der Waals surface area contributed by atoms with Crippen LogP contribution >= 0.6 is 11.6 Å². The molecule has 1 atom stereocenters. The number of carbonyl (C=O) groups is 1. The summed E-state index contributed by atoms with van der Waals surface area (Å²) < 4.78 is 6.03. The Morgan fingerprint density at radius 2 is 2.06 bits per heavy atom. The summed E-state index contributed by atoms with van der Waals surface area (Å²) in [6, 6.07) is 9.41. The number of nitrogens with zero attached hydrogens (tertiary/aromatic N) is 2. The number of hydrogen-bond acceptors (Lipinski definition) is 5. The summed E-state index contributed by atoms with van der Waals surface area (Å²) in [7, 11) is 0. The van der Waals surface area contributed by atoms with Gasteiger partial charge in [-0.3, -0.25) is 9.69 Å². The van der Waals surface area contributed by atoms with Gasteiger partial charge in [0.1, 0.15) is 11.9 Å². The maximum Gasteiger partial charge on any atom is 0.325 e. The number of unbranched alkanes of at least 4 members (excludes halogenated alkanes) is 2. The summed E-state index contributed by atoms with van der Waals surface area (Å²) in [6.07, 6.45) is 8.82. The number of carboxylic acid groups (broad SMARTS) is 1. The van der Waals surface area contributed by atoms with Crippen molar-refractivity contribution in [1.29, 1.82) is 0 Å². The zero-order valence-corrected chi connectivity index (χ0v) is 20.4. The van der Waals surface area contributed by atoms with Crippen molar-refractivity contribution in [2.45, 2.75) is 69.4 Å². The van der Waals surface area contributed by atoms with Gasteiger partial charge in [-0.2, -0.15) is 0 Å². The topological polar surface area (TPSA) is 74.7 Å². The number of pyridine rings is 1. The molecule has 0 spiro atoms. The summed E-state index contributed by atoms with van der Waals surface area (Å²) in [5.41, 5.74) is 4.38. The van der Waals surface area contributed by atoms with Gasteiger partial charge < -0.3 is 15.2 Å². The molecule has 182 valence electrons. The van der Waals surface area contributed by atoms with Crippen molar-refractivity contribution in [2.24, 2.45) is 0 Å². The number of halogens is 1. The van der Waals surface area contributed by atoms with Crippen molar-refractivity contribution in [3.63, 3.8) is 0 Å². The van der Waals surface area contributed by atoms with E-state index in [2.05, 4.69) is 17.4 Å². The molecule has 2 aliphatic heterocycles. The van der Waals surface area contributed by atoms with Gasteiger partial charge in [0.15, 0.2) is 0 Å². The fourth-order valence-electron chi connectivity index (χ4n) is 5.21. The minimum Gasteiger partial charge on any atom is -0.480 e. The second-order valence-corrected chi connectivity index (χ2v) is 10.3. The van der Waals surface area contributed by atoms with Gasteiger partial charge in [0.05, 0.1) is 6.10 Å². The molecule has 3 heterocycles. The summed E-state index contributed by atoms with van der Waals surface area (Å²) in [5.74, 6) is 0.670. The van der Waals surface area contributed by atoms with Crippen LogP contribution < -0.4 is 5.32 Å². The van der Waals surface area contributed by atoms with E-state index in [4.69, 9.17) is 21.3 Å². The van der Waals surface area contributed by atoms with Gasteiger partial charge >= 0.3 is 5.97 Å². The first-order chi connectivity index (χ1) is 16.6. The van der Waals surface area contributed by atoms with E-state index in [1.807, 2.05) is 23.1 Å². The van der Waals surface area contributed by atoms with Gasteiger partial charge in [-0.25, -0.2) is 4.98 Å². The molecule has 0 amide bonds. The fraction of sp³-hybridized carbons (Fsp3) is 0.556. The molecule has 6 nitrogen and oxygen atoms in total. The van der Waals surface area contributed by atoms with Crippen molar-refractivity contribution in [3.05, 3.63) is 57.7 Å². The summed E-state index contributed by atoms with van der Waals surface area (Å²) >= 11 is 6.45. The number of nitrogens with one attached hydrogen (secondary N) is 1. The van der Waals surface area contributed by atoms with Crippen LogP contribution in [0.3, 0.4) is 0 Å². The minimum atomic E-state index is -0.811. The molecule has 1 saturated carbocycles. The van der Waals surface area contributed by atoms with Gasteiger partial charge in [0, 0.05) is 37.0 Å². The van der Waals surface area contributed by atoms with Crippen LogP contribution in [0.5, 0.6) is 0 Å². The Labute approximate surface area is 206 Å². The van der Waals surface area contributed by atoms with Crippen LogP contribution in [0.1, 0.15) is 72.9 Å². The van der Waals surface area contributed by atoms with Crippen molar-refractivity contribution >= 4 is 23.4 Å². The highest BCUT2D eigenvalue weighted by atomic mass is 35.5. The van der Waals surface area contributed by atoms with E-state index >= 15 is 0 Å². The normalized spacial score (nSPS) is 19.2. The molecule has 7 heteroatoms. The van der Waals surface area contributed by atoms with Gasteiger partial charge in [-0.05, 0) is 79.7 Å². The predicted octanol–water partition coefficient (Wildman–Crippen LogP) is 5.21. The maximum absolute atomic E-state index is 12.1. The SMILES string of the molecule is O=C(O)C(c1cccc(Cl)c1C1CC1)N1CC(OCCCCCc2ccc3c(n2)NCCC3)C1. The lowest BCUT2D eigenvalue weighted by molar-refractivity contribution is -0.151. The minimum absolute atomic E-state index is 0.110. The Bertz CT molecular complexity index is 1020. The molecule has 34 heavy (non-hydrogen) atoms. The number of rotatable bonds is 11. The number of aromatic nitrogens is 1. The van der Waals surface area contributed by atoms with E-state index in [-0.39, 0.29) is 6.10 Å². The molecule has 3 aliphatic rings. The molecule has 1 aromatic carbocycles. The zero-order chi connectivity index (χ0) is 23.5. The molecular weight excluding hydrogens is 450 g/mol. The number of benzene rings is 1. The first-order valence-corrected chi connectivity index (χ1v) is 13.1. The number of aliphatic carboxylic acids is 1. The van der Waals surface area contributed by atoms with Crippen LogP contribution in [0.2, 0.25) is 5.02 Å². The van der Waals surface area contributed by atoms with E-state index in [0.717, 1.165) is 80.7 Å². The van der Waals surface area contributed by atoms with Gasteiger partial charge in [-0.15, -0.1) is 0 Å². The average Bonchev–Trinajstić information content (AvgIpc) is 3.64. The molecule has 1 saturated heterocycles. The van der Waals surface area contributed by atoms with E-state index < -0.39 is 12.0 Å². The van der Waals surface area contributed by atoms with Gasteiger partial charge in [0.25, 0.3) is 0 Å². The third kappa shape index (κ3) is 5.40. The third-order valence-electron chi connectivity index (χ3n) is 7.22. The van der Waals surface area contributed by atoms with Crippen LogP contribution in [0.25, 0.3) is 0 Å². The second kappa shape index (κ2) is 10.6. The Morgan fingerprint density at radius 3 is 2.85 bits per heavy atom. The Hall–Kier alpha value is -2.15. The van der Waals surface area contributed by atoms with E-state index in [1.165, 1.54) is 12.0 Å². The number of aryl methyl sites for hydroxylation is 2. The molecule has 5 rings (SSSR count). The lowest BCUT2D eigenvalue weighted by atomic mass is 9.93. The predicted molar refractivity (Wildman–Crippen MR) is 134 cm³/mol. The van der Waals surface area contributed by atoms with Crippen LogP contribution in [0.4, 0.5) is 5.82 Å². The largest absolute Gasteiger partial charge is 0.480 e. The number of ether oxygens (including phenoxy) is 1. The Balaban J connectivity index is 1.03. The summed E-state index contributed by atoms with van der Waals surface area (Å²) in [6.45, 7) is 3.05. The average molecular weight is 484 g/mol. The van der Waals surface area contributed by atoms with Gasteiger partial charge in [-0.1, -0.05) is 36.2 Å². The fourth-order valence-corrected chi connectivity index (χ4v) is 5.55. The summed E-state index contributed by atoms with van der Waals surface area (Å²) in [5, 5.41) is 14.1. The Kier molecular flexibility index (Phi) is 7.37. The molecule has 2 fully saturated rings. The van der Waals surface area contributed by atoms with Crippen LogP contribution in [0, 0.1) is 0 Å². The highest BCUT2D eigenvalue weighted by Crippen LogP contribution is 2.47. The van der Waals surface area contributed by atoms with Crippen LogP contribution in [-0.4, -0.2) is 53.3 Å². The lowest BCUT2D eigenvalue weighted by Gasteiger charge is -2.43. The highest BCUT2D eigenvalue weighted by Gasteiger charge is 2.40. The zero-order valence-electron chi connectivity index (χ0n) is 19.6. The van der Waals surface area contributed by atoms with Crippen molar-refractivity contribution in [1.82, 2.24) is 9.88 Å². The van der Waals surface area contributed by atoms with Gasteiger partial charge in [0.2, 0.25) is 0 Å². The van der Waals surface area contributed by atoms with Crippen molar-refractivity contribution < 1.29 is 14.6 Å². The van der Waals surface area contributed by atoms with Crippen molar-refractivity contribution in [3.8, 4) is 0 Å². The molecule has 1 aromatic heterocycles. The van der Waals surface area contributed by atoms with E-state index in [0.29, 0.717) is 24.0 Å². The molecule has 0 radical (unpaired) electrons. The molecule has 1 unspecified atom stereocenters. The summed E-state index contributed by atoms with van der Waals surface area (Å²) in [4.78, 5) is 18.9.